The fourth-order valence-corrected chi connectivity index (χ4v) is 3.63. The molecule has 0 amide bonds. The standard InChI is InChI=1S/C20H37NO2/c1-7-15-23-18(22)20(5,6)17(9-12-19(3,4)8-2)16-10-13-21-14-11-16/h7,16-17,21H,1,8-15H2,2-6H3. The highest BCUT2D eigenvalue weighted by Crippen LogP contribution is 2.43. The van der Waals surface area contributed by atoms with Crippen molar-refractivity contribution in [2.45, 2.75) is 66.7 Å². The van der Waals surface area contributed by atoms with Crippen molar-refractivity contribution in [3.63, 3.8) is 0 Å². The minimum Gasteiger partial charge on any atom is -0.461 e. The van der Waals surface area contributed by atoms with Crippen LogP contribution in [0.25, 0.3) is 0 Å². The van der Waals surface area contributed by atoms with Gasteiger partial charge in [0.15, 0.2) is 0 Å². The van der Waals surface area contributed by atoms with E-state index in [1.165, 1.54) is 6.42 Å². The Hall–Kier alpha value is -0.830. The first-order chi connectivity index (χ1) is 10.7. The number of esters is 1. The van der Waals surface area contributed by atoms with Gasteiger partial charge >= 0.3 is 5.97 Å². The molecule has 1 atom stereocenters. The smallest absolute Gasteiger partial charge is 0.312 e. The van der Waals surface area contributed by atoms with Crippen molar-refractivity contribution in [2.75, 3.05) is 19.7 Å². The molecule has 3 nitrogen and oxygen atoms in total. The van der Waals surface area contributed by atoms with Gasteiger partial charge in [0.1, 0.15) is 6.61 Å². The molecular formula is C20H37NO2. The maximum absolute atomic E-state index is 12.6. The maximum Gasteiger partial charge on any atom is 0.312 e. The number of hydrogen-bond acceptors (Lipinski definition) is 3. The lowest BCUT2D eigenvalue weighted by atomic mass is 9.65. The Bertz CT molecular complexity index is 381. The van der Waals surface area contributed by atoms with Crippen LogP contribution in [0.2, 0.25) is 0 Å². The molecule has 1 fully saturated rings. The van der Waals surface area contributed by atoms with Crippen LogP contribution in [0.15, 0.2) is 12.7 Å². The SMILES string of the molecule is C=CCOC(=O)C(C)(C)C(CCC(C)(C)CC)C1CCNCC1. The molecule has 1 aliphatic heterocycles. The Morgan fingerprint density at radius 3 is 2.43 bits per heavy atom. The van der Waals surface area contributed by atoms with Crippen LogP contribution in [-0.2, 0) is 9.53 Å². The minimum absolute atomic E-state index is 0.0739. The van der Waals surface area contributed by atoms with Crippen molar-refractivity contribution < 1.29 is 9.53 Å². The van der Waals surface area contributed by atoms with Gasteiger partial charge in [0, 0.05) is 0 Å². The molecule has 0 aromatic heterocycles. The number of carbonyl (C=O) groups excluding carboxylic acids is 1. The van der Waals surface area contributed by atoms with Gasteiger partial charge in [0.2, 0.25) is 0 Å². The molecule has 0 aliphatic carbocycles. The van der Waals surface area contributed by atoms with Crippen LogP contribution < -0.4 is 5.32 Å². The summed E-state index contributed by atoms with van der Waals surface area (Å²) < 4.78 is 5.41. The first-order valence-electron chi connectivity index (χ1n) is 9.23. The van der Waals surface area contributed by atoms with E-state index < -0.39 is 5.41 Å². The average Bonchev–Trinajstić information content (AvgIpc) is 2.53. The summed E-state index contributed by atoms with van der Waals surface area (Å²) in [4.78, 5) is 12.6. The zero-order valence-corrected chi connectivity index (χ0v) is 15.9. The first-order valence-corrected chi connectivity index (χ1v) is 9.23. The van der Waals surface area contributed by atoms with Crippen molar-refractivity contribution >= 4 is 5.97 Å². The molecule has 0 aromatic carbocycles. The van der Waals surface area contributed by atoms with Crippen LogP contribution in [-0.4, -0.2) is 25.7 Å². The summed E-state index contributed by atoms with van der Waals surface area (Å²) in [5.41, 5.74) is -0.0961. The lowest BCUT2D eigenvalue weighted by Crippen LogP contribution is -2.42. The Morgan fingerprint density at radius 2 is 1.91 bits per heavy atom. The van der Waals surface area contributed by atoms with E-state index >= 15 is 0 Å². The molecule has 1 heterocycles. The van der Waals surface area contributed by atoms with Crippen molar-refractivity contribution in [3.8, 4) is 0 Å². The molecule has 23 heavy (non-hydrogen) atoms. The first kappa shape index (κ1) is 20.2. The van der Waals surface area contributed by atoms with Gasteiger partial charge in [-0.15, -0.1) is 0 Å². The number of nitrogens with one attached hydrogen (secondary N) is 1. The summed E-state index contributed by atoms with van der Waals surface area (Å²) in [6.45, 7) is 17.1. The van der Waals surface area contributed by atoms with Crippen molar-refractivity contribution in [2.24, 2.45) is 22.7 Å². The summed E-state index contributed by atoms with van der Waals surface area (Å²) in [5.74, 6) is 0.915. The molecule has 3 heteroatoms. The molecule has 1 saturated heterocycles. The van der Waals surface area contributed by atoms with Gasteiger partial charge in [-0.1, -0.05) is 39.8 Å². The molecule has 0 saturated carbocycles. The number of carbonyl (C=O) groups is 1. The van der Waals surface area contributed by atoms with Gasteiger partial charge < -0.3 is 10.1 Å². The lowest BCUT2D eigenvalue weighted by molar-refractivity contribution is -0.158. The summed E-state index contributed by atoms with van der Waals surface area (Å²) >= 11 is 0. The second kappa shape index (κ2) is 8.86. The van der Waals surface area contributed by atoms with Crippen LogP contribution in [0.1, 0.15) is 66.7 Å². The number of piperidine rings is 1. The maximum atomic E-state index is 12.6. The van der Waals surface area contributed by atoms with Gasteiger partial charge in [-0.3, -0.25) is 4.79 Å². The molecule has 1 N–H and O–H groups in total. The van der Waals surface area contributed by atoms with Crippen molar-refractivity contribution in [1.82, 2.24) is 5.32 Å². The predicted octanol–water partition coefficient (Wildman–Crippen LogP) is 4.57. The topological polar surface area (TPSA) is 38.3 Å². The number of ether oxygens (including phenoxy) is 1. The van der Waals surface area contributed by atoms with Gasteiger partial charge in [-0.25, -0.2) is 0 Å². The second-order valence-electron chi connectivity index (χ2n) is 8.36. The van der Waals surface area contributed by atoms with E-state index in [0.717, 1.165) is 38.8 Å². The van der Waals surface area contributed by atoms with Gasteiger partial charge in [0.05, 0.1) is 5.41 Å². The third kappa shape index (κ3) is 5.95. The van der Waals surface area contributed by atoms with E-state index in [4.69, 9.17) is 4.74 Å². The molecule has 0 spiro atoms. The van der Waals surface area contributed by atoms with Crippen LogP contribution in [0.3, 0.4) is 0 Å². The van der Waals surface area contributed by atoms with E-state index in [-0.39, 0.29) is 5.97 Å². The third-order valence-electron chi connectivity index (χ3n) is 5.83. The molecule has 0 bridgehead atoms. The highest BCUT2D eigenvalue weighted by atomic mass is 16.5. The normalized spacial score (nSPS) is 18.5. The third-order valence-corrected chi connectivity index (χ3v) is 5.83. The number of hydrogen-bond donors (Lipinski definition) is 1. The molecular weight excluding hydrogens is 286 g/mol. The fourth-order valence-electron chi connectivity index (χ4n) is 3.63. The molecule has 0 radical (unpaired) electrons. The average molecular weight is 324 g/mol. The van der Waals surface area contributed by atoms with E-state index in [0.29, 0.717) is 23.9 Å². The van der Waals surface area contributed by atoms with Gasteiger partial charge in [-0.05, 0) is 69.9 Å². The summed E-state index contributed by atoms with van der Waals surface area (Å²) in [7, 11) is 0. The van der Waals surface area contributed by atoms with Crippen LogP contribution in [0.5, 0.6) is 0 Å². The Balaban J connectivity index is 2.87. The molecule has 1 rings (SSSR count). The van der Waals surface area contributed by atoms with Crippen molar-refractivity contribution in [1.29, 1.82) is 0 Å². The summed E-state index contributed by atoms with van der Waals surface area (Å²) in [6.07, 6.45) is 7.41. The Morgan fingerprint density at radius 1 is 1.30 bits per heavy atom. The Kier molecular flexibility index (Phi) is 7.79. The quantitative estimate of drug-likeness (QED) is 0.499. The summed E-state index contributed by atoms with van der Waals surface area (Å²) in [5, 5.41) is 3.44. The minimum atomic E-state index is -0.436. The van der Waals surface area contributed by atoms with Crippen molar-refractivity contribution in [3.05, 3.63) is 12.7 Å². The van der Waals surface area contributed by atoms with Crippen LogP contribution in [0.4, 0.5) is 0 Å². The molecule has 1 unspecified atom stereocenters. The summed E-state index contributed by atoms with van der Waals surface area (Å²) in [6, 6.07) is 0. The molecule has 1 aliphatic rings. The second-order valence-corrected chi connectivity index (χ2v) is 8.36. The van der Waals surface area contributed by atoms with E-state index in [9.17, 15) is 4.79 Å². The van der Waals surface area contributed by atoms with Gasteiger partial charge in [0.25, 0.3) is 0 Å². The van der Waals surface area contributed by atoms with E-state index in [2.05, 4.69) is 46.5 Å². The predicted molar refractivity (Wildman–Crippen MR) is 97.3 cm³/mol. The van der Waals surface area contributed by atoms with E-state index in [1.54, 1.807) is 6.08 Å². The lowest BCUT2D eigenvalue weighted by Gasteiger charge is -2.41. The van der Waals surface area contributed by atoms with E-state index in [1.807, 2.05) is 0 Å². The zero-order valence-electron chi connectivity index (χ0n) is 15.9. The Labute approximate surface area is 143 Å². The molecule has 0 aromatic rings. The van der Waals surface area contributed by atoms with Crippen LogP contribution in [0, 0.1) is 22.7 Å². The number of rotatable bonds is 9. The fraction of sp³-hybridized carbons (Fsp3) is 0.850. The zero-order chi connectivity index (χ0) is 17.5. The molecule has 134 valence electrons. The van der Waals surface area contributed by atoms with Gasteiger partial charge in [-0.2, -0.15) is 0 Å². The largest absolute Gasteiger partial charge is 0.461 e. The monoisotopic (exact) mass is 323 g/mol. The highest BCUT2D eigenvalue weighted by molar-refractivity contribution is 5.76. The highest BCUT2D eigenvalue weighted by Gasteiger charge is 2.42. The van der Waals surface area contributed by atoms with Crippen LogP contribution >= 0.6 is 0 Å².